The molecule has 1 aromatic heterocycles. The van der Waals surface area contributed by atoms with Crippen LogP contribution in [-0.2, 0) is 6.42 Å². The third kappa shape index (κ3) is 2.81. The van der Waals surface area contributed by atoms with Gasteiger partial charge in [0.1, 0.15) is 0 Å². The zero-order valence-corrected chi connectivity index (χ0v) is 11.8. The lowest BCUT2D eigenvalue weighted by Crippen LogP contribution is -2.03. The Morgan fingerprint density at radius 3 is 2.80 bits per heavy atom. The van der Waals surface area contributed by atoms with Crippen LogP contribution < -0.4 is 0 Å². The van der Waals surface area contributed by atoms with Gasteiger partial charge in [0.05, 0.1) is 16.9 Å². The molecule has 1 aromatic carbocycles. The van der Waals surface area contributed by atoms with Gasteiger partial charge in [-0.15, -0.1) is 10.6 Å². The van der Waals surface area contributed by atoms with Crippen molar-refractivity contribution in [1.29, 1.82) is 0 Å². The average molecular weight is 290 g/mol. The van der Waals surface area contributed by atoms with E-state index in [9.17, 15) is 10.1 Å². The van der Waals surface area contributed by atoms with E-state index < -0.39 is 4.92 Å². The summed E-state index contributed by atoms with van der Waals surface area (Å²) in [6.07, 6.45) is 0.538. The zero-order valence-electron chi connectivity index (χ0n) is 11.1. The maximum absolute atomic E-state index is 10.8. The molecule has 0 atom stereocenters. The summed E-state index contributed by atoms with van der Waals surface area (Å²) in [5.41, 5.74) is 2.65. The van der Waals surface area contributed by atoms with Crippen molar-refractivity contribution in [3.63, 3.8) is 0 Å². The normalized spacial score (nSPS) is 9.95. The number of benzene rings is 1. The van der Waals surface area contributed by atoms with Crippen LogP contribution in [0.3, 0.4) is 0 Å². The number of hydrogen-bond acceptors (Lipinski definition) is 3. The minimum atomic E-state index is -0.566. The van der Waals surface area contributed by atoms with Gasteiger partial charge < -0.3 is 10.1 Å². The zero-order chi connectivity index (χ0) is 14.7. The van der Waals surface area contributed by atoms with E-state index in [4.69, 9.17) is 11.6 Å². The highest BCUT2D eigenvalue weighted by Gasteiger charge is 2.19. The number of hydrogen-bond donors (Lipinski definition) is 0. The van der Waals surface area contributed by atoms with Crippen molar-refractivity contribution in [1.82, 2.24) is 9.78 Å². The fraction of sp³-hybridized carbons (Fsp3) is 0.214. The molecule has 0 aliphatic heterocycles. The average Bonchev–Trinajstić information content (AvgIpc) is 2.79. The molecule has 0 saturated heterocycles. The van der Waals surface area contributed by atoms with Crippen LogP contribution in [0.25, 0.3) is 5.69 Å². The highest BCUT2D eigenvalue weighted by molar-refractivity contribution is 6.30. The van der Waals surface area contributed by atoms with E-state index in [0.29, 0.717) is 12.1 Å². The van der Waals surface area contributed by atoms with Crippen molar-refractivity contribution in [3.8, 4) is 17.5 Å². The molecule has 1 heterocycles. The molecule has 0 N–H and O–H groups in total. The summed E-state index contributed by atoms with van der Waals surface area (Å²) in [6, 6.07) is 7.01. The van der Waals surface area contributed by atoms with Gasteiger partial charge in [0.2, 0.25) is 0 Å². The number of aromatic nitrogens is 2. The summed E-state index contributed by atoms with van der Waals surface area (Å²) in [7, 11) is 0. The summed E-state index contributed by atoms with van der Waals surface area (Å²) in [5, 5.41) is 14.9. The second-order valence-electron chi connectivity index (χ2n) is 4.23. The van der Waals surface area contributed by atoms with Crippen LogP contribution in [0.4, 0.5) is 5.82 Å². The van der Waals surface area contributed by atoms with E-state index in [2.05, 4.69) is 16.9 Å². The topological polar surface area (TPSA) is 61.0 Å². The van der Waals surface area contributed by atoms with Crippen molar-refractivity contribution >= 4 is 17.4 Å². The first-order valence-corrected chi connectivity index (χ1v) is 6.30. The summed E-state index contributed by atoms with van der Waals surface area (Å²) in [4.78, 5) is 10.2. The van der Waals surface area contributed by atoms with Crippen LogP contribution in [0, 0.1) is 28.9 Å². The van der Waals surface area contributed by atoms with Crippen LogP contribution >= 0.6 is 11.6 Å². The van der Waals surface area contributed by atoms with Crippen LogP contribution in [-0.4, -0.2) is 14.7 Å². The second-order valence-corrected chi connectivity index (χ2v) is 4.62. The minimum absolute atomic E-state index is 0.202. The Morgan fingerprint density at radius 1 is 1.45 bits per heavy atom. The number of rotatable bonds is 3. The van der Waals surface area contributed by atoms with Gasteiger partial charge in [0.15, 0.2) is 5.15 Å². The van der Waals surface area contributed by atoms with Crippen molar-refractivity contribution in [2.75, 3.05) is 0 Å². The standard InChI is InChI=1S/C14H12ClN3O2/c1-3-4-5-11-7-6-10(2)8-12(11)17-13(15)9-14(16-17)18(19)20/h6-9H,5H2,1-2H3. The fourth-order valence-corrected chi connectivity index (χ4v) is 2.04. The molecular formula is C14H12ClN3O2. The van der Waals surface area contributed by atoms with E-state index in [1.807, 2.05) is 25.1 Å². The molecular weight excluding hydrogens is 278 g/mol. The molecule has 0 amide bonds. The lowest BCUT2D eigenvalue weighted by atomic mass is 10.1. The Labute approximate surface area is 121 Å². The van der Waals surface area contributed by atoms with Crippen molar-refractivity contribution in [2.45, 2.75) is 20.3 Å². The number of nitrogens with zero attached hydrogens (tertiary/aromatic N) is 3. The summed E-state index contributed by atoms with van der Waals surface area (Å²) in [6.45, 7) is 3.70. The van der Waals surface area contributed by atoms with Gasteiger partial charge in [-0.05, 0) is 36.0 Å². The monoisotopic (exact) mass is 289 g/mol. The quantitative estimate of drug-likeness (QED) is 0.495. The van der Waals surface area contributed by atoms with Gasteiger partial charge in [-0.2, -0.15) is 0 Å². The molecule has 0 radical (unpaired) electrons. The van der Waals surface area contributed by atoms with Gasteiger partial charge in [-0.3, -0.25) is 0 Å². The summed E-state index contributed by atoms with van der Waals surface area (Å²) >= 11 is 6.04. The van der Waals surface area contributed by atoms with E-state index >= 15 is 0 Å². The van der Waals surface area contributed by atoms with Crippen molar-refractivity contribution < 1.29 is 4.92 Å². The molecule has 0 unspecified atom stereocenters. The van der Waals surface area contributed by atoms with Crippen LogP contribution in [0.5, 0.6) is 0 Å². The second kappa shape index (κ2) is 5.76. The Hall–Kier alpha value is -2.32. The molecule has 0 aliphatic carbocycles. The van der Waals surface area contributed by atoms with E-state index in [0.717, 1.165) is 11.1 Å². The lowest BCUT2D eigenvalue weighted by Gasteiger charge is -2.06. The van der Waals surface area contributed by atoms with Gasteiger partial charge in [0, 0.05) is 6.42 Å². The lowest BCUT2D eigenvalue weighted by molar-refractivity contribution is -0.389. The molecule has 2 aromatic rings. The first-order chi connectivity index (χ1) is 9.52. The Kier molecular flexibility index (Phi) is 4.06. The van der Waals surface area contributed by atoms with Crippen molar-refractivity contribution in [2.24, 2.45) is 0 Å². The first-order valence-electron chi connectivity index (χ1n) is 5.92. The number of aryl methyl sites for hydroxylation is 1. The minimum Gasteiger partial charge on any atom is -0.358 e. The van der Waals surface area contributed by atoms with Crippen LogP contribution in [0.2, 0.25) is 5.15 Å². The van der Waals surface area contributed by atoms with E-state index in [1.165, 1.54) is 10.7 Å². The number of nitro groups is 1. The Balaban J connectivity index is 2.57. The SMILES string of the molecule is CC#CCc1ccc(C)cc1-n1nc([N+](=O)[O-])cc1Cl. The van der Waals surface area contributed by atoms with E-state index in [-0.39, 0.29) is 11.0 Å². The molecule has 0 aliphatic rings. The molecule has 102 valence electrons. The van der Waals surface area contributed by atoms with Crippen molar-refractivity contribution in [3.05, 3.63) is 50.7 Å². The third-order valence-electron chi connectivity index (χ3n) is 2.76. The van der Waals surface area contributed by atoms with Crippen LogP contribution in [0.15, 0.2) is 24.3 Å². The summed E-state index contributed by atoms with van der Waals surface area (Å²) < 4.78 is 1.37. The predicted octanol–water partition coefficient (Wildman–Crippen LogP) is 3.31. The highest BCUT2D eigenvalue weighted by Crippen LogP contribution is 2.24. The molecule has 20 heavy (non-hydrogen) atoms. The Bertz CT molecular complexity index is 726. The molecule has 2 rings (SSSR count). The maximum Gasteiger partial charge on any atom is 0.392 e. The van der Waals surface area contributed by atoms with Crippen LogP contribution in [0.1, 0.15) is 18.1 Å². The van der Waals surface area contributed by atoms with Gasteiger partial charge in [0.25, 0.3) is 0 Å². The first kappa shape index (κ1) is 14.1. The van der Waals surface area contributed by atoms with E-state index in [1.54, 1.807) is 6.92 Å². The fourth-order valence-electron chi connectivity index (χ4n) is 1.81. The molecule has 6 heteroatoms. The van der Waals surface area contributed by atoms with Gasteiger partial charge in [-0.1, -0.05) is 29.7 Å². The largest absolute Gasteiger partial charge is 0.392 e. The number of halogens is 1. The highest BCUT2D eigenvalue weighted by atomic mass is 35.5. The predicted molar refractivity (Wildman–Crippen MR) is 77.1 cm³/mol. The smallest absolute Gasteiger partial charge is 0.358 e. The Morgan fingerprint density at radius 2 is 2.20 bits per heavy atom. The van der Waals surface area contributed by atoms with Gasteiger partial charge >= 0.3 is 5.82 Å². The molecule has 0 spiro atoms. The van der Waals surface area contributed by atoms with Gasteiger partial charge in [-0.25, -0.2) is 0 Å². The molecule has 5 nitrogen and oxygen atoms in total. The maximum atomic E-state index is 10.8. The molecule has 0 saturated carbocycles. The summed E-state index contributed by atoms with van der Waals surface area (Å²) in [5.74, 6) is 5.53. The third-order valence-corrected chi connectivity index (χ3v) is 3.03. The molecule has 0 fully saturated rings. The molecule has 0 bridgehead atoms.